The molecular formula is C20H21N3OS2. The zero-order valence-corrected chi connectivity index (χ0v) is 16.4. The van der Waals surface area contributed by atoms with Gasteiger partial charge in [-0.05, 0) is 43.3 Å². The highest BCUT2D eigenvalue weighted by molar-refractivity contribution is 7.17. The van der Waals surface area contributed by atoms with Gasteiger partial charge >= 0.3 is 0 Å². The van der Waals surface area contributed by atoms with Crippen molar-refractivity contribution in [3.8, 4) is 10.6 Å². The number of hydrogen-bond acceptors (Lipinski definition) is 5. The van der Waals surface area contributed by atoms with Crippen LogP contribution in [0, 0.1) is 6.92 Å². The van der Waals surface area contributed by atoms with Gasteiger partial charge in [-0.3, -0.25) is 14.4 Å². The molecule has 0 spiro atoms. The van der Waals surface area contributed by atoms with Gasteiger partial charge in [-0.2, -0.15) is 11.3 Å². The molecule has 0 saturated heterocycles. The minimum atomic E-state index is -0.0448. The zero-order chi connectivity index (χ0) is 17.9. The zero-order valence-electron chi connectivity index (χ0n) is 14.7. The van der Waals surface area contributed by atoms with E-state index in [0.29, 0.717) is 10.9 Å². The van der Waals surface area contributed by atoms with Crippen LogP contribution >= 0.6 is 22.7 Å². The second-order valence-corrected chi connectivity index (χ2v) is 8.38. The summed E-state index contributed by atoms with van der Waals surface area (Å²) < 4.78 is 1.67. The monoisotopic (exact) mass is 383 g/mol. The number of nitrogens with zero attached hydrogens (tertiary/aromatic N) is 3. The molecule has 1 fully saturated rings. The molecule has 0 N–H and O–H groups in total. The number of aryl methyl sites for hydroxylation is 1. The molecule has 6 heteroatoms. The third kappa shape index (κ3) is 3.57. The predicted octanol–water partition coefficient (Wildman–Crippen LogP) is 4.90. The fourth-order valence-corrected chi connectivity index (χ4v) is 5.04. The lowest BCUT2D eigenvalue weighted by Crippen LogP contribution is -2.29. The first-order valence-electron chi connectivity index (χ1n) is 8.98. The maximum absolute atomic E-state index is 13.2. The maximum Gasteiger partial charge on any atom is 0.275 e. The number of carbonyl (C=O) groups excluding carboxylic acids is 1. The Morgan fingerprint density at radius 3 is 2.85 bits per heavy atom. The van der Waals surface area contributed by atoms with Crippen LogP contribution < -0.4 is 5.49 Å². The molecule has 0 atom stereocenters. The van der Waals surface area contributed by atoms with Gasteiger partial charge in [0.1, 0.15) is 15.4 Å². The lowest BCUT2D eigenvalue weighted by molar-refractivity contribution is 0.0957. The molecule has 0 bridgehead atoms. The molecule has 26 heavy (non-hydrogen) atoms. The summed E-state index contributed by atoms with van der Waals surface area (Å²) in [4.78, 5) is 23.4. The van der Waals surface area contributed by atoms with Crippen LogP contribution in [-0.2, 0) is 0 Å². The number of carbonyl (C=O) groups is 1. The normalized spacial score (nSPS) is 16.1. The number of rotatable bonds is 3. The van der Waals surface area contributed by atoms with Crippen molar-refractivity contribution < 1.29 is 4.79 Å². The van der Waals surface area contributed by atoms with Crippen molar-refractivity contribution in [2.45, 2.75) is 45.1 Å². The Morgan fingerprint density at radius 2 is 2.08 bits per heavy atom. The Kier molecular flexibility index (Phi) is 5.13. The molecule has 3 heterocycles. The van der Waals surface area contributed by atoms with Crippen molar-refractivity contribution in [3.63, 3.8) is 0 Å². The van der Waals surface area contributed by atoms with Gasteiger partial charge < -0.3 is 0 Å². The van der Waals surface area contributed by atoms with E-state index in [1.807, 2.05) is 42.8 Å². The summed E-state index contributed by atoms with van der Waals surface area (Å²) in [7, 11) is 0. The lowest BCUT2D eigenvalue weighted by atomic mass is 9.96. The van der Waals surface area contributed by atoms with Gasteiger partial charge in [0, 0.05) is 17.1 Å². The molecule has 0 unspecified atom stereocenters. The number of thiazole rings is 1. The van der Waals surface area contributed by atoms with Crippen molar-refractivity contribution in [2.24, 2.45) is 4.99 Å². The third-order valence-corrected chi connectivity index (χ3v) is 6.58. The molecule has 0 radical (unpaired) electrons. The van der Waals surface area contributed by atoms with Gasteiger partial charge in [0.2, 0.25) is 0 Å². The highest BCUT2D eigenvalue weighted by Gasteiger charge is 2.19. The van der Waals surface area contributed by atoms with Crippen LogP contribution in [0.5, 0.6) is 0 Å². The topological polar surface area (TPSA) is 47.2 Å². The van der Waals surface area contributed by atoms with Crippen molar-refractivity contribution in [1.82, 2.24) is 9.55 Å². The lowest BCUT2D eigenvalue weighted by Gasteiger charge is -2.17. The van der Waals surface area contributed by atoms with E-state index in [2.05, 4.69) is 10.4 Å². The molecule has 0 aliphatic heterocycles. The first-order chi connectivity index (χ1) is 12.7. The van der Waals surface area contributed by atoms with Gasteiger partial charge in [-0.15, -0.1) is 11.3 Å². The fraction of sp³-hybridized carbons (Fsp3) is 0.350. The molecule has 0 amide bonds. The largest absolute Gasteiger partial charge is 0.275 e. The summed E-state index contributed by atoms with van der Waals surface area (Å²) in [6.45, 7) is 1.90. The highest BCUT2D eigenvalue weighted by Crippen LogP contribution is 2.29. The summed E-state index contributed by atoms with van der Waals surface area (Å²) in [5.74, 6) is -0.0448. The molecular weight excluding hydrogens is 362 g/mol. The van der Waals surface area contributed by atoms with Gasteiger partial charge in [0.25, 0.3) is 5.91 Å². The van der Waals surface area contributed by atoms with Crippen LogP contribution in [-0.4, -0.2) is 21.5 Å². The molecule has 0 aromatic carbocycles. The molecule has 4 nitrogen and oxygen atoms in total. The van der Waals surface area contributed by atoms with Crippen molar-refractivity contribution in [1.29, 1.82) is 0 Å². The van der Waals surface area contributed by atoms with Crippen LogP contribution in [0.3, 0.4) is 0 Å². The fourth-order valence-electron chi connectivity index (χ4n) is 3.32. The van der Waals surface area contributed by atoms with Crippen LogP contribution in [0.15, 0.2) is 46.2 Å². The minimum absolute atomic E-state index is 0.0448. The maximum atomic E-state index is 13.2. The number of aromatic nitrogens is 2. The Hall–Kier alpha value is -2.05. The molecule has 134 valence electrons. The SMILES string of the molecule is Cc1nc(-c2ccsc2)sc1C(=O)n1ccccc1=NC1CCCCC1. The Bertz CT molecular complexity index is 963. The second-order valence-electron chi connectivity index (χ2n) is 6.60. The standard InChI is InChI=1S/C20H21N3OS2/c1-14-18(26-19(21-14)15-10-12-25-13-15)20(24)23-11-6-5-9-17(23)22-16-7-3-2-4-8-16/h5-6,9-13,16H,2-4,7-8H2,1H3. The second kappa shape index (κ2) is 7.68. The summed E-state index contributed by atoms with van der Waals surface area (Å²) in [5, 5.41) is 4.99. The smallest absolute Gasteiger partial charge is 0.267 e. The van der Waals surface area contributed by atoms with E-state index in [1.165, 1.54) is 30.6 Å². The van der Waals surface area contributed by atoms with Crippen LogP contribution in [0.2, 0.25) is 0 Å². The quantitative estimate of drug-likeness (QED) is 0.645. The number of hydrogen-bond donors (Lipinski definition) is 0. The summed E-state index contributed by atoms with van der Waals surface area (Å²) in [6, 6.07) is 8.13. The Morgan fingerprint density at radius 1 is 1.23 bits per heavy atom. The van der Waals surface area contributed by atoms with E-state index in [4.69, 9.17) is 4.99 Å². The minimum Gasteiger partial charge on any atom is -0.267 e. The Labute approximate surface area is 160 Å². The summed E-state index contributed by atoms with van der Waals surface area (Å²) in [5.41, 5.74) is 2.60. The van der Waals surface area contributed by atoms with E-state index >= 15 is 0 Å². The summed E-state index contributed by atoms with van der Waals surface area (Å²) in [6.07, 6.45) is 7.80. The van der Waals surface area contributed by atoms with Gasteiger partial charge in [0.05, 0.1) is 11.7 Å². The van der Waals surface area contributed by atoms with Crippen LogP contribution in [0.25, 0.3) is 10.6 Å². The highest BCUT2D eigenvalue weighted by atomic mass is 32.1. The average molecular weight is 384 g/mol. The van der Waals surface area contributed by atoms with Crippen LogP contribution in [0.4, 0.5) is 0 Å². The van der Waals surface area contributed by atoms with Crippen molar-refractivity contribution in [2.75, 3.05) is 0 Å². The molecule has 3 aromatic heterocycles. The van der Waals surface area contributed by atoms with Crippen molar-refractivity contribution in [3.05, 3.63) is 57.3 Å². The van der Waals surface area contributed by atoms with E-state index in [-0.39, 0.29) is 5.91 Å². The van der Waals surface area contributed by atoms with Gasteiger partial charge in [-0.1, -0.05) is 25.3 Å². The summed E-state index contributed by atoms with van der Waals surface area (Å²) >= 11 is 3.10. The van der Waals surface area contributed by atoms with E-state index in [1.54, 1.807) is 15.9 Å². The molecule has 4 rings (SSSR count). The number of pyridine rings is 1. The molecule has 1 aliphatic rings. The third-order valence-electron chi connectivity index (χ3n) is 4.71. The first-order valence-corrected chi connectivity index (χ1v) is 10.7. The average Bonchev–Trinajstić information content (AvgIpc) is 3.32. The Balaban J connectivity index is 1.70. The van der Waals surface area contributed by atoms with E-state index < -0.39 is 0 Å². The first kappa shape index (κ1) is 17.4. The number of thiophene rings is 1. The molecule has 1 aliphatic carbocycles. The van der Waals surface area contributed by atoms with Gasteiger partial charge in [0.15, 0.2) is 0 Å². The molecule has 3 aromatic rings. The van der Waals surface area contributed by atoms with Crippen molar-refractivity contribution >= 4 is 28.6 Å². The van der Waals surface area contributed by atoms with E-state index in [0.717, 1.165) is 34.6 Å². The van der Waals surface area contributed by atoms with Crippen LogP contribution in [0.1, 0.15) is 47.5 Å². The van der Waals surface area contributed by atoms with E-state index in [9.17, 15) is 4.79 Å². The molecule has 1 saturated carbocycles. The van der Waals surface area contributed by atoms with Gasteiger partial charge in [-0.25, -0.2) is 4.98 Å². The predicted molar refractivity (Wildman–Crippen MR) is 107 cm³/mol.